The summed E-state index contributed by atoms with van der Waals surface area (Å²) >= 11 is 0. The lowest BCUT2D eigenvalue weighted by atomic mass is 10.1. The van der Waals surface area contributed by atoms with Gasteiger partial charge in [-0.3, -0.25) is 4.79 Å². The van der Waals surface area contributed by atoms with Gasteiger partial charge in [-0.15, -0.1) is 0 Å². The molecular weight excluding hydrogens is 315 g/mol. The molecule has 0 atom stereocenters. The van der Waals surface area contributed by atoms with Crippen LogP contribution in [0, 0.1) is 0 Å². The van der Waals surface area contributed by atoms with Crippen LogP contribution in [0.25, 0.3) is 0 Å². The summed E-state index contributed by atoms with van der Waals surface area (Å²) in [6.07, 6.45) is -4.79. The number of nitrogens with zero attached hydrogens (tertiary/aromatic N) is 3. The molecule has 2 aromatic rings. The number of halogens is 3. The van der Waals surface area contributed by atoms with E-state index in [1.165, 1.54) is 12.1 Å². The normalized spacial score (nSPS) is 11.3. The minimum atomic E-state index is -4.47. The van der Waals surface area contributed by atoms with Crippen molar-refractivity contribution in [3.63, 3.8) is 0 Å². The second kappa shape index (κ2) is 6.46. The average molecular weight is 327 g/mol. The van der Waals surface area contributed by atoms with E-state index in [9.17, 15) is 18.0 Å². The highest BCUT2D eigenvalue weighted by Gasteiger charge is 2.30. The van der Waals surface area contributed by atoms with Crippen molar-refractivity contribution in [2.24, 2.45) is 0 Å². The number of ether oxygens (including phenoxy) is 1. The van der Waals surface area contributed by atoms with Crippen LogP contribution < -0.4 is 11.5 Å². The number of nitrogen functional groups attached to an aromatic ring is 2. The Labute approximate surface area is 128 Å². The van der Waals surface area contributed by atoms with Gasteiger partial charge in [0.2, 0.25) is 11.9 Å². The van der Waals surface area contributed by atoms with Crippen LogP contribution in [0.4, 0.5) is 25.1 Å². The Hall–Kier alpha value is -2.91. The van der Waals surface area contributed by atoms with Crippen molar-refractivity contribution in [1.29, 1.82) is 0 Å². The molecular formula is C13H12F3N5O2. The minimum Gasteiger partial charge on any atom is -0.457 e. The number of alkyl halides is 3. The smallest absolute Gasteiger partial charge is 0.416 e. The summed E-state index contributed by atoms with van der Waals surface area (Å²) in [5.74, 6) is -0.933. The molecule has 1 heterocycles. The number of rotatable bonds is 4. The molecule has 10 heteroatoms. The summed E-state index contributed by atoms with van der Waals surface area (Å²) in [5.41, 5.74) is 10.1. The van der Waals surface area contributed by atoms with Crippen LogP contribution in [0.2, 0.25) is 0 Å². The highest BCUT2D eigenvalue weighted by atomic mass is 19.4. The number of hydrogen-bond donors (Lipinski definition) is 2. The molecule has 1 aromatic carbocycles. The lowest BCUT2D eigenvalue weighted by Crippen LogP contribution is -2.13. The number of esters is 1. The van der Waals surface area contributed by atoms with Crippen molar-refractivity contribution in [3.8, 4) is 0 Å². The fraction of sp³-hybridized carbons (Fsp3) is 0.231. The van der Waals surface area contributed by atoms with Crippen LogP contribution in [0.15, 0.2) is 24.3 Å². The standard InChI is InChI=1S/C13H12F3N5O2/c14-13(15,16)8-3-1-2-7(4-8)5-10(22)23-6-9-19-11(17)21-12(18)20-9/h1-4H,5-6H2,(H4,17,18,19,20,21). The van der Waals surface area contributed by atoms with Crippen molar-refractivity contribution in [2.75, 3.05) is 11.5 Å². The lowest BCUT2D eigenvalue weighted by Gasteiger charge is -2.09. The van der Waals surface area contributed by atoms with E-state index in [0.717, 1.165) is 12.1 Å². The van der Waals surface area contributed by atoms with Crippen molar-refractivity contribution in [2.45, 2.75) is 19.2 Å². The van der Waals surface area contributed by atoms with E-state index >= 15 is 0 Å². The van der Waals surface area contributed by atoms with E-state index < -0.39 is 17.7 Å². The molecule has 0 radical (unpaired) electrons. The van der Waals surface area contributed by atoms with Gasteiger partial charge in [0.15, 0.2) is 12.4 Å². The van der Waals surface area contributed by atoms with Gasteiger partial charge >= 0.3 is 12.1 Å². The summed E-state index contributed by atoms with van der Waals surface area (Å²) in [6.45, 7) is -0.311. The number of carbonyl (C=O) groups excluding carboxylic acids is 1. The van der Waals surface area contributed by atoms with Gasteiger partial charge in [-0.1, -0.05) is 18.2 Å². The summed E-state index contributed by atoms with van der Waals surface area (Å²) in [7, 11) is 0. The van der Waals surface area contributed by atoms with Crippen molar-refractivity contribution < 1.29 is 22.7 Å². The topological polar surface area (TPSA) is 117 Å². The molecule has 0 bridgehead atoms. The van der Waals surface area contributed by atoms with Crippen LogP contribution in [0.1, 0.15) is 17.0 Å². The Morgan fingerprint density at radius 1 is 1.13 bits per heavy atom. The fourth-order valence-corrected chi connectivity index (χ4v) is 1.74. The van der Waals surface area contributed by atoms with Crippen LogP contribution in [-0.2, 0) is 28.7 Å². The van der Waals surface area contributed by atoms with Gasteiger partial charge < -0.3 is 16.2 Å². The molecule has 0 fully saturated rings. The highest BCUT2D eigenvalue weighted by molar-refractivity contribution is 5.72. The summed E-state index contributed by atoms with van der Waals surface area (Å²) in [6, 6.07) is 4.43. The molecule has 4 N–H and O–H groups in total. The third kappa shape index (κ3) is 4.80. The zero-order valence-electron chi connectivity index (χ0n) is 11.7. The third-order valence-electron chi connectivity index (χ3n) is 2.68. The molecule has 2 rings (SSSR count). The van der Waals surface area contributed by atoms with Crippen LogP contribution in [0.3, 0.4) is 0 Å². The maximum Gasteiger partial charge on any atom is 0.416 e. The summed E-state index contributed by atoms with van der Waals surface area (Å²) in [4.78, 5) is 22.6. The Kier molecular flexibility index (Phi) is 4.63. The zero-order chi connectivity index (χ0) is 17.0. The molecule has 0 saturated carbocycles. The van der Waals surface area contributed by atoms with E-state index in [2.05, 4.69) is 15.0 Å². The van der Waals surface area contributed by atoms with Gasteiger partial charge in [0.1, 0.15) is 0 Å². The number of aromatic nitrogens is 3. The summed E-state index contributed by atoms with van der Waals surface area (Å²) in [5, 5.41) is 0. The van der Waals surface area contributed by atoms with E-state index in [0.29, 0.717) is 0 Å². The van der Waals surface area contributed by atoms with Gasteiger partial charge in [0, 0.05) is 0 Å². The van der Waals surface area contributed by atoms with Crippen molar-refractivity contribution in [1.82, 2.24) is 15.0 Å². The number of hydrogen-bond acceptors (Lipinski definition) is 7. The van der Waals surface area contributed by atoms with Crippen LogP contribution >= 0.6 is 0 Å². The Morgan fingerprint density at radius 2 is 1.78 bits per heavy atom. The first-order valence-electron chi connectivity index (χ1n) is 6.31. The third-order valence-corrected chi connectivity index (χ3v) is 2.68. The molecule has 0 aliphatic rings. The highest BCUT2D eigenvalue weighted by Crippen LogP contribution is 2.29. The maximum atomic E-state index is 12.6. The molecule has 1 aromatic heterocycles. The molecule has 0 aliphatic carbocycles. The van der Waals surface area contributed by atoms with E-state index in [1.807, 2.05) is 0 Å². The summed E-state index contributed by atoms with van der Waals surface area (Å²) < 4.78 is 42.6. The van der Waals surface area contributed by atoms with E-state index in [1.54, 1.807) is 0 Å². The Balaban J connectivity index is 1.97. The first kappa shape index (κ1) is 16.5. The zero-order valence-corrected chi connectivity index (χ0v) is 11.7. The minimum absolute atomic E-state index is 0.0485. The van der Waals surface area contributed by atoms with Gasteiger partial charge in [-0.2, -0.15) is 28.1 Å². The van der Waals surface area contributed by atoms with Gasteiger partial charge in [-0.25, -0.2) is 0 Å². The first-order valence-corrected chi connectivity index (χ1v) is 6.31. The average Bonchev–Trinajstić information content (AvgIpc) is 2.43. The van der Waals surface area contributed by atoms with Gasteiger partial charge in [0.05, 0.1) is 12.0 Å². The molecule has 0 spiro atoms. The predicted molar refractivity (Wildman–Crippen MR) is 73.6 cm³/mol. The van der Waals surface area contributed by atoms with Gasteiger partial charge in [-0.05, 0) is 11.6 Å². The molecule has 122 valence electrons. The molecule has 0 saturated heterocycles. The molecule has 23 heavy (non-hydrogen) atoms. The van der Waals surface area contributed by atoms with Crippen LogP contribution in [-0.4, -0.2) is 20.9 Å². The largest absolute Gasteiger partial charge is 0.457 e. The molecule has 0 unspecified atom stereocenters. The maximum absolute atomic E-state index is 12.6. The van der Waals surface area contributed by atoms with E-state index in [4.69, 9.17) is 16.2 Å². The number of nitrogens with two attached hydrogens (primary N) is 2. The predicted octanol–water partition coefficient (Wildman–Crippen LogP) is 1.34. The van der Waals surface area contributed by atoms with E-state index in [-0.39, 0.29) is 36.3 Å². The van der Waals surface area contributed by atoms with Crippen LogP contribution in [0.5, 0.6) is 0 Å². The fourth-order valence-electron chi connectivity index (χ4n) is 1.74. The Bertz CT molecular complexity index is 701. The first-order chi connectivity index (χ1) is 10.7. The molecule has 7 nitrogen and oxygen atoms in total. The lowest BCUT2D eigenvalue weighted by molar-refractivity contribution is -0.144. The quantitative estimate of drug-likeness (QED) is 0.814. The molecule has 0 amide bonds. The van der Waals surface area contributed by atoms with Crippen molar-refractivity contribution >= 4 is 17.9 Å². The molecule has 0 aliphatic heterocycles. The monoisotopic (exact) mass is 327 g/mol. The number of anilines is 2. The second-order valence-corrected chi connectivity index (χ2v) is 4.50. The number of carbonyl (C=O) groups is 1. The Morgan fingerprint density at radius 3 is 2.39 bits per heavy atom. The number of benzene rings is 1. The SMILES string of the molecule is Nc1nc(N)nc(COC(=O)Cc2cccc(C(F)(F)F)c2)n1. The van der Waals surface area contributed by atoms with Crippen molar-refractivity contribution in [3.05, 3.63) is 41.2 Å². The van der Waals surface area contributed by atoms with Gasteiger partial charge in [0.25, 0.3) is 0 Å². The second-order valence-electron chi connectivity index (χ2n) is 4.50.